The highest BCUT2D eigenvalue weighted by Crippen LogP contribution is 1.95. The molecule has 0 atom stereocenters. The minimum Gasteiger partial charge on any atom is -0.619 e. The van der Waals surface area contributed by atoms with Crippen molar-refractivity contribution in [2.45, 2.75) is 6.61 Å². The minimum atomic E-state index is 0.213. The molecule has 0 N–H and O–H groups in total. The van der Waals surface area contributed by atoms with Crippen LogP contribution in [0.4, 0.5) is 0 Å². The van der Waals surface area contributed by atoms with Gasteiger partial charge in [0, 0.05) is 17.7 Å². The summed E-state index contributed by atoms with van der Waals surface area (Å²) >= 11 is 0. The molecule has 0 saturated carbocycles. The lowest BCUT2D eigenvalue weighted by Crippen LogP contribution is -2.23. The molecule has 0 aromatic carbocycles. The van der Waals surface area contributed by atoms with Crippen LogP contribution in [0.25, 0.3) is 0 Å². The van der Waals surface area contributed by atoms with E-state index in [1.807, 2.05) is 0 Å². The number of carbonyl (C=O) groups is 1. The van der Waals surface area contributed by atoms with Crippen LogP contribution >= 0.6 is 0 Å². The molecule has 0 fully saturated rings. The van der Waals surface area contributed by atoms with Gasteiger partial charge in [-0.25, -0.2) is 0 Å². The second-order valence-electron chi connectivity index (χ2n) is 1.97. The van der Waals surface area contributed by atoms with E-state index >= 15 is 0 Å². The molecule has 0 saturated heterocycles. The zero-order chi connectivity index (χ0) is 8.10. The van der Waals surface area contributed by atoms with Crippen LogP contribution in [0.3, 0.4) is 0 Å². The molecule has 0 aliphatic carbocycles. The molecule has 4 heteroatoms. The normalized spacial score (nSPS) is 9.09. The fourth-order valence-electron chi connectivity index (χ4n) is 0.670. The molecular formula is C7H7NO3. The standard InChI is InChI=1S/C7H7NO3/c9-6-11-5-7-1-3-8(10)4-2-7/h1-4,6H,5H2. The molecule has 1 heterocycles. The molecule has 1 aromatic rings. The summed E-state index contributed by atoms with van der Waals surface area (Å²) in [7, 11) is 0. The molecule has 0 aliphatic rings. The highest BCUT2D eigenvalue weighted by atomic mass is 16.5. The third-order valence-electron chi connectivity index (χ3n) is 1.19. The van der Waals surface area contributed by atoms with Gasteiger partial charge in [-0.15, -0.1) is 0 Å². The lowest BCUT2D eigenvalue weighted by molar-refractivity contribution is -0.605. The first-order chi connectivity index (χ1) is 5.33. The fraction of sp³-hybridized carbons (Fsp3) is 0.143. The minimum absolute atomic E-state index is 0.213. The van der Waals surface area contributed by atoms with Gasteiger partial charge in [0.15, 0.2) is 12.4 Å². The number of rotatable bonds is 3. The van der Waals surface area contributed by atoms with Gasteiger partial charge in [-0.05, 0) is 0 Å². The van der Waals surface area contributed by atoms with Crippen LogP contribution in [0.15, 0.2) is 24.5 Å². The van der Waals surface area contributed by atoms with Crippen molar-refractivity contribution >= 4 is 6.47 Å². The number of hydrogen-bond donors (Lipinski definition) is 0. The first kappa shape index (κ1) is 7.53. The van der Waals surface area contributed by atoms with Crippen LogP contribution in [0.5, 0.6) is 0 Å². The van der Waals surface area contributed by atoms with E-state index < -0.39 is 0 Å². The van der Waals surface area contributed by atoms with Gasteiger partial charge in [-0.3, -0.25) is 4.79 Å². The molecule has 1 rings (SSSR count). The van der Waals surface area contributed by atoms with Gasteiger partial charge in [0.2, 0.25) is 0 Å². The lowest BCUT2D eigenvalue weighted by Gasteiger charge is -1.98. The van der Waals surface area contributed by atoms with Gasteiger partial charge in [-0.2, -0.15) is 4.73 Å². The van der Waals surface area contributed by atoms with Crippen molar-refractivity contribution in [3.8, 4) is 0 Å². The number of pyridine rings is 1. The van der Waals surface area contributed by atoms with E-state index in [4.69, 9.17) is 0 Å². The summed E-state index contributed by atoms with van der Waals surface area (Å²) in [5.41, 5.74) is 0.796. The van der Waals surface area contributed by atoms with Crippen LogP contribution in [0.2, 0.25) is 0 Å². The van der Waals surface area contributed by atoms with Crippen molar-refractivity contribution in [3.63, 3.8) is 0 Å². The van der Waals surface area contributed by atoms with E-state index in [-0.39, 0.29) is 6.61 Å². The van der Waals surface area contributed by atoms with Crippen molar-refractivity contribution in [2.75, 3.05) is 0 Å². The molecular weight excluding hydrogens is 146 g/mol. The molecule has 58 valence electrons. The van der Waals surface area contributed by atoms with Crippen LogP contribution in [-0.2, 0) is 16.1 Å². The molecule has 4 nitrogen and oxygen atoms in total. The zero-order valence-corrected chi connectivity index (χ0v) is 5.77. The van der Waals surface area contributed by atoms with Crippen molar-refractivity contribution in [2.24, 2.45) is 0 Å². The predicted octanol–water partition coefficient (Wildman–Crippen LogP) is -0.00700. The van der Waals surface area contributed by atoms with E-state index in [1.165, 1.54) is 12.4 Å². The topological polar surface area (TPSA) is 53.2 Å². The van der Waals surface area contributed by atoms with Crippen LogP contribution < -0.4 is 4.73 Å². The maximum atomic E-state index is 10.5. The van der Waals surface area contributed by atoms with Gasteiger partial charge >= 0.3 is 0 Å². The summed E-state index contributed by atoms with van der Waals surface area (Å²) < 4.78 is 5.14. The van der Waals surface area contributed by atoms with Gasteiger partial charge in [-0.1, -0.05) is 0 Å². The Morgan fingerprint density at radius 3 is 2.73 bits per heavy atom. The zero-order valence-electron chi connectivity index (χ0n) is 5.77. The summed E-state index contributed by atoms with van der Waals surface area (Å²) in [6, 6.07) is 3.19. The molecule has 0 aliphatic heterocycles. The number of hydrogen-bond acceptors (Lipinski definition) is 3. The lowest BCUT2D eigenvalue weighted by atomic mass is 10.3. The number of ether oxygens (including phenoxy) is 1. The summed E-state index contributed by atoms with van der Waals surface area (Å²) in [5, 5.41) is 10.5. The second kappa shape index (κ2) is 3.55. The highest BCUT2D eigenvalue weighted by Gasteiger charge is 1.93. The van der Waals surface area contributed by atoms with Crippen LogP contribution in [0, 0.1) is 5.21 Å². The molecule has 0 bridgehead atoms. The Balaban J connectivity index is 2.58. The summed E-state index contributed by atoms with van der Waals surface area (Å²) in [6.07, 6.45) is 2.70. The first-order valence-electron chi connectivity index (χ1n) is 3.06. The third-order valence-corrected chi connectivity index (χ3v) is 1.19. The second-order valence-corrected chi connectivity index (χ2v) is 1.97. The highest BCUT2D eigenvalue weighted by molar-refractivity contribution is 5.37. The van der Waals surface area contributed by atoms with Crippen LogP contribution in [-0.4, -0.2) is 6.47 Å². The van der Waals surface area contributed by atoms with Crippen molar-refractivity contribution in [1.82, 2.24) is 0 Å². The largest absolute Gasteiger partial charge is 0.619 e. The molecule has 0 spiro atoms. The Labute approximate surface area is 63.6 Å². The van der Waals surface area contributed by atoms with E-state index in [2.05, 4.69) is 4.74 Å². The van der Waals surface area contributed by atoms with Crippen molar-refractivity contribution in [1.29, 1.82) is 0 Å². The van der Waals surface area contributed by atoms with Crippen molar-refractivity contribution in [3.05, 3.63) is 35.3 Å². The van der Waals surface area contributed by atoms with E-state index in [9.17, 15) is 10.0 Å². The van der Waals surface area contributed by atoms with Gasteiger partial charge < -0.3 is 9.94 Å². The number of aromatic nitrogens is 1. The fourth-order valence-corrected chi connectivity index (χ4v) is 0.670. The monoisotopic (exact) mass is 153 g/mol. The van der Waals surface area contributed by atoms with Crippen LogP contribution in [0.1, 0.15) is 5.56 Å². The Hall–Kier alpha value is -1.58. The van der Waals surface area contributed by atoms with E-state index in [0.29, 0.717) is 11.2 Å². The Bertz CT molecular complexity index is 232. The average molecular weight is 153 g/mol. The molecule has 0 amide bonds. The van der Waals surface area contributed by atoms with E-state index in [0.717, 1.165) is 5.56 Å². The Morgan fingerprint density at radius 1 is 1.55 bits per heavy atom. The van der Waals surface area contributed by atoms with Gasteiger partial charge in [0.05, 0.1) is 0 Å². The van der Waals surface area contributed by atoms with Gasteiger partial charge in [0.25, 0.3) is 6.47 Å². The Kier molecular flexibility index (Phi) is 2.43. The maximum absolute atomic E-state index is 10.5. The van der Waals surface area contributed by atoms with Crippen molar-refractivity contribution < 1.29 is 14.3 Å². The quantitative estimate of drug-likeness (QED) is 0.348. The molecule has 0 unspecified atom stereocenters. The molecule has 1 aromatic heterocycles. The van der Waals surface area contributed by atoms with E-state index in [1.54, 1.807) is 12.1 Å². The molecule has 11 heavy (non-hydrogen) atoms. The number of nitrogens with zero attached hydrogens (tertiary/aromatic N) is 1. The summed E-state index contributed by atoms with van der Waals surface area (Å²) in [6.45, 7) is 0.586. The maximum Gasteiger partial charge on any atom is 0.293 e. The molecule has 0 radical (unpaired) electrons. The third kappa shape index (κ3) is 2.25. The SMILES string of the molecule is O=COCc1cc[n+]([O-])cc1. The Morgan fingerprint density at radius 2 is 2.18 bits per heavy atom. The average Bonchev–Trinajstić information content (AvgIpc) is 2.04. The summed E-state index contributed by atoms with van der Waals surface area (Å²) in [4.78, 5) is 9.76. The van der Waals surface area contributed by atoms with Gasteiger partial charge in [0.1, 0.15) is 6.61 Å². The number of carbonyl (C=O) groups excluding carboxylic acids is 1. The first-order valence-corrected chi connectivity index (χ1v) is 3.06. The summed E-state index contributed by atoms with van der Waals surface area (Å²) in [5.74, 6) is 0. The predicted molar refractivity (Wildman–Crippen MR) is 36.3 cm³/mol. The smallest absolute Gasteiger partial charge is 0.293 e.